The van der Waals surface area contributed by atoms with Crippen molar-refractivity contribution < 1.29 is 4.92 Å². The lowest BCUT2D eigenvalue weighted by Crippen LogP contribution is -1.97. The number of nitro benzene ring substituents is 1. The number of hydrogen-bond donors (Lipinski definition) is 0. The normalized spacial score (nSPS) is 13.6. The number of nitro groups is 1. The number of rotatable bonds is 1. The lowest BCUT2D eigenvalue weighted by atomic mass is 9.97. The van der Waals surface area contributed by atoms with Crippen LogP contribution in [0.5, 0.6) is 0 Å². The second-order valence-corrected chi connectivity index (χ2v) is 5.55. The highest BCUT2D eigenvalue weighted by Crippen LogP contribution is 2.41. The van der Waals surface area contributed by atoms with Gasteiger partial charge in [-0.2, -0.15) is 0 Å². The average Bonchev–Trinajstić information content (AvgIpc) is 2.70. The molecule has 1 aromatic carbocycles. The first-order chi connectivity index (χ1) is 8.68. The predicted octanol–water partition coefficient (Wildman–Crippen LogP) is 4.12. The van der Waals surface area contributed by atoms with Crippen molar-refractivity contribution in [3.05, 3.63) is 50.4 Å². The van der Waals surface area contributed by atoms with Crippen molar-refractivity contribution in [1.29, 1.82) is 0 Å². The largest absolute Gasteiger partial charge is 0.272 e. The molecule has 0 atom stereocenters. The van der Waals surface area contributed by atoms with Gasteiger partial charge in [0, 0.05) is 22.1 Å². The number of benzene rings is 1. The third kappa shape index (κ3) is 1.64. The Morgan fingerprint density at radius 2 is 2.00 bits per heavy atom. The Hall–Kier alpha value is -1.68. The molecule has 0 N–H and O–H groups in total. The predicted molar refractivity (Wildman–Crippen MR) is 73.2 cm³/mol. The molecule has 1 aliphatic rings. The summed E-state index contributed by atoms with van der Waals surface area (Å²) in [6.45, 7) is 1.87. The number of nitrogens with zero attached hydrogens (tertiary/aromatic N) is 1. The van der Waals surface area contributed by atoms with E-state index >= 15 is 0 Å². The Labute approximate surface area is 109 Å². The molecule has 18 heavy (non-hydrogen) atoms. The van der Waals surface area contributed by atoms with Crippen molar-refractivity contribution in [2.24, 2.45) is 0 Å². The molecule has 0 amide bonds. The number of hydrogen-bond acceptors (Lipinski definition) is 3. The van der Waals surface area contributed by atoms with Crippen LogP contribution in [0.2, 0.25) is 0 Å². The molecule has 0 bridgehead atoms. The van der Waals surface area contributed by atoms with Crippen LogP contribution in [0.1, 0.15) is 23.1 Å². The summed E-state index contributed by atoms with van der Waals surface area (Å²) in [4.78, 5) is 12.0. The zero-order valence-corrected chi connectivity index (χ0v) is 10.9. The molecule has 1 aromatic heterocycles. The van der Waals surface area contributed by atoms with Crippen LogP contribution in [-0.4, -0.2) is 4.92 Å². The summed E-state index contributed by atoms with van der Waals surface area (Å²) in [6.07, 6.45) is 3.20. The van der Waals surface area contributed by atoms with E-state index in [4.69, 9.17) is 0 Å². The van der Waals surface area contributed by atoms with Crippen LogP contribution in [0.3, 0.4) is 0 Å². The molecule has 92 valence electrons. The van der Waals surface area contributed by atoms with Crippen molar-refractivity contribution >= 4 is 17.0 Å². The van der Waals surface area contributed by atoms with E-state index in [9.17, 15) is 10.1 Å². The van der Waals surface area contributed by atoms with E-state index in [1.54, 1.807) is 17.4 Å². The molecule has 0 saturated carbocycles. The average molecular weight is 259 g/mol. The highest BCUT2D eigenvalue weighted by Gasteiger charge is 2.22. The van der Waals surface area contributed by atoms with Gasteiger partial charge >= 0.3 is 0 Å². The van der Waals surface area contributed by atoms with Gasteiger partial charge in [-0.3, -0.25) is 10.1 Å². The van der Waals surface area contributed by atoms with E-state index in [0.29, 0.717) is 0 Å². The zero-order valence-electron chi connectivity index (χ0n) is 10.1. The van der Waals surface area contributed by atoms with Gasteiger partial charge in [0.15, 0.2) is 0 Å². The molecule has 3 nitrogen and oxygen atoms in total. The van der Waals surface area contributed by atoms with Crippen molar-refractivity contribution in [3.8, 4) is 10.4 Å². The van der Waals surface area contributed by atoms with Gasteiger partial charge in [-0.15, -0.1) is 11.3 Å². The van der Waals surface area contributed by atoms with Gasteiger partial charge in [0.2, 0.25) is 0 Å². The first-order valence-electron chi connectivity index (χ1n) is 6.02. The Balaban J connectivity index is 2.31. The molecule has 0 aliphatic heterocycles. The maximum absolute atomic E-state index is 11.1. The van der Waals surface area contributed by atoms with Gasteiger partial charge in [0.1, 0.15) is 0 Å². The van der Waals surface area contributed by atoms with E-state index in [1.807, 2.05) is 13.0 Å². The Morgan fingerprint density at radius 3 is 2.78 bits per heavy atom. The molecular weight excluding hydrogens is 246 g/mol. The van der Waals surface area contributed by atoms with Crippen molar-refractivity contribution in [2.75, 3.05) is 0 Å². The SMILES string of the molecule is Cc1c([N+](=O)[O-])ccc2c1-c1sccc1CCC2. The Kier molecular flexibility index (Phi) is 2.67. The van der Waals surface area contributed by atoms with Gasteiger partial charge < -0.3 is 0 Å². The highest BCUT2D eigenvalue weighted by molar-refractivity contribution is 7.13. The fraction of sp³-hybridized carbons (Fsp3) is 0.286. The van der Waals surface area contributed by atoms with E-state index in [0.717, 1.165) is 30.4 Å². The number of aryl methyl sites for hydroxylation is 2. The molecular formula is C14H13NO2S. The molecule has 4 heteroatoms. The molecule has 0 radical (unpaired) electrons. The molecule has 1 heterocycles. The van der Waals surface area contributed by atoms with Gasteiger partial charge in [-0.1, -0.05) is 6.07 Å². The quantitative estimate of drug-likeness (QED) is 0.571. The van der Waals surface area contributed by atoms with E-state index in [2.05, 4.69) is 11.4 Å². The highest BCUT2D eigenvalue weighted by atomic mass is 32.1. The van der Waals surface area contributed by atoms with Crippen LogP contribution in [-0.2, 0) is 12.8 Å². The van der Waals surface area contributed by atoms with E-state index in [-0.39, 0.29) is 10.6 Å². The molecule has 0 fully saturated rings. The fourth-order valence-corrected chi connectivity index (χ4v) is 3.79. The van der Waals surface area contributed by atoms with Crippen LogP contribution in [0, 0.1) is 17.0 Å². The molecule has 2 aromatic rings. The topological polar surface area (TPSA) is 43.1 Å². The Morgan fingerprint density at radius 1 is 1.22 bits per heavy atom. The zero-order chi connectivity index (χ0) is 12.7. The van der Waals surface area contributed by atoms with Gasteiger partial charge in [-0.25, -0.2) is 0 Å². The summed E-state index contributed by atoms with van der Waals surface area (Å²) in [7, 11) is 0. The Bertz CT molecular complexity index is 631. The minimum Gasteiger partial charge on any atom is -0.258 e. The minimum absolute atomic E-state index is 0.231. The van der Waals surface area contributed by atoms with Crippen molar-refractivity contribution in [1.82, 2.24) is 0 Å². The van der Waals surface area contributed by atoms with Crippen LogP contribution in [0.25, 0.3) is 10.4 Å². The number of fused-ring (bicyclic) bond motifs is 3. The smallest absolute Gasteiger partial charge is 0.258 e. The standard InChI is InChI=1S/C14H13NO2S/c1-9-12(15(16)17)6-5-10-3-2-4-11-7-8-18-14(11)13(9)10/h5-8H,2-4H2,1H3. The van der Waals surface area contributed by atoms with E-state index < -0.39 is 0 Å². The van der Waals surface area contributed by atoms with Gasteiger partial charge in [0.05, 0.1) is 4.92 Å². The molecule has 0 spiro atoms. The summed E-state index contributed by atoms with van der Waals surface area (Å²) < 4.78 is 0. The van der Waals surface area contributed by atoms with Crippen molar-refractivity contribution in [2.45, 2.75) is 26.2 Å². The lowest BCUT2D eigenvalue weighted by Gasteiger charge is -2.10. The third-order valence-electron chi connectivity index (χ3n) is 3.59. The van der Waals surface area contributed by atoms with Crippen LogP contribution >= 0.6 is 11.3 Å². The molecule has 1 aliphatic carbocycles. The summed E-state index contributed by atoms with van der Waals surface area (Å²) in [6, 6.07) is 5.72. The first kappa shape index (κ1) is 11.4. The molecule has 3 rings (SSSR count). The van der Waals surface area contributed by atoms with Gasteiger partial charge in [-0.05, 0) is 48.8 Å². The van der Waals surface area contributed by atoms with Crippen LogP contribution < -0.4 is 0 Å². The van der Waals surface area contributed by atoms with Crippen LogP contribution in [0.4, 0.5) is 5.69 Å². The summed E-state index contributed by atoms with van der Waals surface area (Å²) >= 11 is 1.69. The lowest BCUT2D eigenvalue weighted by molar-refractivity contribution is -0.385. The van der Waals surface area contributed by atoms with Crippen LogP contribution in [0.15, 0.2) is 23.6 Å². The van der Waals surface area contributed by atoms with Gasteiger partial charge in [0.25, 0.3) is 5.69 Å². The summed E-state index contributed by atoms with van der Waals surface area (Å²) in [5, 5.41) is 13.1. The first-order valence-corrected chi connectivity index (χ1v) is 6.90. The number of thiophene rings is 1. The second kappa shape index (κ2) is 4.21. The van der Waals surface area contributed by atoms with Crippen molar-refractivity contribution in [3.63, 3.8) is 0 Å². The third-order valence-corrected chi connectivity index (χ3v) is 4.56. The monoisotopic (exact) mass is 259 g/mol. The summed E-state index contributed by atoms with van der Waals surface area (Å²) in [5.74, 6) is 0. The second-order valence-electron chi connectivity index (χ2n) is 4.63. The minimum atomic E-state index is -0.284. The molecule has 0 unspecified atom stereocenters. The van der Waals surface area contributed by atoms with E-state index in [1.165, 1.54) is 16.0 Å². The fourth-order valence-electron chi connectivity index (χ4n) is 2.70. The maximum Gasteiger partial charge on any atom is 0.272 e. The summed E-state index contributed by atoms with van der Waals surface area (Å²) in [5.41, 5.74) is 4.73. The molecule has 0 saturated heterocycles. The maximum atomic E-state index is 11.1.